The van der Waals surface area contributed by atoms with E-state index in [1.54, 1.807) is 23.8 Å². The minimum Gasteiger partial charge on any atom is -0.497 e. The predicted molar refractivity (Wildman–Crippen MR) is 127 cm³/mol. The number of piperazine rings is 1. The lowest BCUT2D eigenvalue weighted by Gasteiger charge is -2.33. The third-order valence-electron chi connectivity index (χ3n) is 5.61. The molecule has 1 aliphatic heterocycles. The Hall–Kier alpha value is -3.40. The van der Waals surface area contributed by atoms with Crippen LogP contribution in [0.25, 0.3) is 10.2 Å². The number of carbonyl (C=O) groups excluding carboxylic acids is 2. The van der Waals surface area contributed by atoms with E-state index in [0.717, 1.165) is 27.1 Å². The number of ether oxygens (including phenoxy) is 2. The summed E-state index contributed by atoms with van der Waals surface area (Å²) in [4.78, 5) is 38.9. The Balaban J connectivity index is 1.50. The molecule has 0 spiro atoms. The number of rotatable bonds is 6. The summed E-state index contributed by atoms with van der Waals surface area (Å²) in [5.41, 5.74) is 1.92. The van der Waals surface area contributed by atoms with Crippen LogP contribution in [0.1, 0.15) is 27.7 Å². The quantitative estimate of drug-likeness (QED) is 0.590. The van der Waals surface area contributed by atoms with Gasteiger partial charge in [-0.2, -0.15) is 0 Å². The van der Waals surface area contributed by atoms with Gasteiger partial charge in [-0.25, -0.2) is 14.8 Å². The Bertz CT molecular complexity index is 1160. The number of benzene rings is 1. The van der Waals surface area contributed by atoms with E-state index in [1.807, 2.05) is 31.2 Å². The molecule has 1 aromatic carbocycles. The van der Waals surface area contributed by atoms with Crippen molar-refractivity contribution in [2.24, 2.45) is 0 Å². The lowest BCUT2D eigenvalue weighted by atomic mass is 10.1. The van der Waals surface area contributed by atoms with E-state index in [4.69, 9.17) is 9.47 Å². The first-order valence-corrected chi connectivity index (χ1v) is 11.6. The highest BCUT2D eigenvalue weighted by Gasteiger charge is 2.28. The first-order valence-electron chi connectivity index (χ1n) is 10.8. The topological polar surface area (TPSA) is 96.9 Å². The van der Waals surface area contributed by atoms with E-state index in [-0.39, 0.29) is 12.0 Å². The van der Waals surface area contributed by atoms with Crippen molar-refractivity contribution >= 4 is 39.4 Å². The zero-order valence-electron chi connectivity index (χ0n) is 19.0. The lowest BCUT2D eigenvalue weighted by molar-refractivity contribution is 0.0574. The first kappa shape index (κ1) is 22.8. The van der Waals surface area contributed by atoms with Gasteiger partial charge in [-0.3, -0.25) is 4.79 Å². The van der Waals surface area contributed by atoms with Crippen LogP contribution < -0.4 is 10.1 Å². The second-order valence-electron chi connectivity index (χ2n) is 7.64. The number of methoxy groups -OCH3 is 1. The molecule has 1 N–H and O–H groups in total. The van der Waals surface area contributed by atoms with E-state index in [0.29, 0.717) is 50.0 Å². The van der Waals surface area contributed by atoms with Crippen LogP contribution in [0.5, 0.6) is 5.75 Å². The van der Waals surface area contributed by atoms with Crippen LogP contribution in [-0.4, -0.2) is 71.7 Å². The van der Waals surface area contributed by atoms with Gasteiger partial charge in [-0.1, -0.05) is 12.1 Å². The largest absolute Gasteiger partial charge is 0.497 e. The number of nitrogens with zero attached hydrogens (tertiary/aromatic N) is 4. The summed E-state index contributed by atoms with van der Waals surface area (Å²) in [6.07, 6.45) is 1.18. The fraction of sp³-hybridized carbons (Fsp3) is 0.391. The molecule has 33 heavy (non-hydrogen) atoms. The van der Waals surface area contributed by atoms with E-state index < -0.39 is 0 Å². The standard InChI is InChI=1S/C23H27N5O4S/c1-4-32-23(30)28-10-8-27(9-11-28)22(29)19-15(2)18-20(25-14-26-21(18)33-19)24-13-16-6-5-7-17(12-16)31-3/h5-7,12,14H,4,8-11,13H2,1-3H3,(H,24,25,26). The lowest BCUT2D eigenvalue weighted by Crippen LogP contribution is -2.50. The number of anilines is 1. The van der Waals surface area contributed by atoms with Crippen LogP contribution in [0.3, 0.4) is 0 Å². The maximum atomic E-state index is 13.3. The summed E-state index contributed by atoms with van der Waals surface area (Å²) < 4.78 is 10.4. The number of thiophene rings is 1. The van der Waals surface area contributed by atoms with Crippen molar-refractivity contribution in [1.82, 2.24) is 19.8 Å². The van der Waals surface area contributed by atoms with Crippen LogP contribution in [0.2, 0.25) is 0 Å². The molecule has 3 heterocycles. The van der Waals surface area contributed by atoms with E-state index in [1.165, 1.54) is 17.7 Å². The Kier molecular flexibility index (Phi) is 6.93. The average Bonchev–Trinajstić information content (AvgIpc) is 3.19. The molecular formula is C23H27N5O4S. The minimum absolute atomic E-state index is 0.0437. The number of hydrogen-bond donors (Lipinski definition) is 1. The highest BCUT2D eigenvalue weighted by Crippen LogP contribution is 2.34. The molecule has 2 amide bonds. The summed E-state index contributed by atoms with van der Waals surface area (Å²) in [7, 11) is 1.64. The molecular weight excluding hydrogens is 442 g/mol. The molecule has 4 rings (SSSR count). The Morgan fingerprint density at radius 1 is 1.15 bits per heavy atom. The number of amides is 2. The summed E-state index contributed by atoms with van der Waals surface area (Å²) >= 11 is 1.38. The zero-order chi connectivity index (χ0) is 23.4. The number of fused-ring (bicyclic) bond motifs is 1. The van der Waals surface area contributed by atoms with Gasteiger partial charge in [0.1, 0.15) is 22.7 Å². The molecule has 0 unspecified atom stereocenters. The molecule has 3 aromatic rings. The number of nitrogens with one attached hydrogen (secondary N) is 1. The molecule has 1 saturated heterocycles. The smallest absolute Gasteiger partial charge is 0.409 e. The van der Waals surface area contributed by atoms with Crippen molar-refractivity contribution in [3.63, 3.8) is 0 Å². The van der Waals surface area contributed by atoms with E-state index in [2.05, 4.69) is 15.3 Å². The van der Waals surface area contributed by atoms with Gasteiger partial charge in [0.2, 0.25) is 0 Å². The second-order valence-corrected chi connectivity index (χ2v) is 8.64. The number of carbonyl (C=O) groups is 2. The SMILES string of the molecule is CCOC(=O)N1CCN(C(=O)c2sc3ncnc(NCc4cccc(OC)c4)c3c2C)CC1. The first-order chi connectivity index (χ1) is 16.0. The van der Waals surface area contributed by atoms with Gasteiger partial charge in [0.05, 0.1) is 24.0 Å². The van der Waals surface area contributed by atoms with Crippen molar-refractivity contribution < 1.29 is 19.1 Å². The minimum atomic E-state index is -0.329. The van der Waals surface area contributed by atoms with E-state index in [9.17, 15) is 9.59 Å². The van der Waals surface area contributed by atoms with Crippen LogP contribution >= 0.6 is 11.3 Å². The molecule has 1 fully saturated rings. The maximum absolute atomic E-state index is 13.3. The molecule has 174 valence electrons. The van der Waals surface area contributed by atoms with Crippen LogP contribution in [0.4, 0.5) is 10.6 Å². The Morgan fingerprint density at radius 3 is 2.64 bits per heavy atom. The maximum Gasteiger partial charge on any atom is 0.409 e. The number of hydrogen-bond acceptors (Lipinski definition) is 8. The fourth-order valence-corrected chi connectivity index (χ4v) is 4.94. The van der Waals surface area contributed by atoms with E-state index >= 15 is 0 Å². The Morgan fingerprint density at radius 2 is 1.91 bits per heavy atom. The summed E-state index contributed by atoms with van der Waals surface area (Å²) in [6.45, 7) is 6.48. The molecule has 0 bridgehead atoms. The second kappa shape index (κ2) is 10.0. The van der Waals surface area contributed by atoms with Crippen molar-refractivity contribution in [2.75, 3.05) is 45.2 Å². The zero-order valence-corrected chi connectivity index (χ0v) is 19.8. The monoisotopic (exact) mass is 469 g/mol. The van der Waals surface area contributed by atoms with Crippen molar-refractivity contribution in [2.45, 2.75) is 20.4 Å². The van der Waals surface area contributed by atoms with Gasteiger partial charge in [-0.15, -0.1) is 11.3 Å². The molecule has 0 aliphatic carbocycles. The normalized spacial score (nSPS) is 13.8. The molecule has 10 heteroatoms. The molecule has 1 aliphatic rings. The highest BCUT2D eigenvalue weighted by atomic mass is 32.1. The summed E-state index contributed by atoms with van der Waals surface area (Å²) in [5, 5.41) is 4.24. The van der Waals surface area contributed by atoms with Gasteiger partial charge in [0, 0.05) is 32.7 Å². The molecule has 2 aromatic heterocycles. The number of aryl methyl sites for hydroxylation is 1. The third-order valence-corrected chi connectivity index (χ3v) is 6.80. The van der Waals surface area contributed by atoms with Crippen molar-refractivity contribution in [1.29, 1.82) is 0 Å². The van der Waals surface area contributed by atoms with Crippen LogP contribution in [0, 0.1) is 6.92 Å². The fourth-order valence-electron chi connectivity index (χ4n) is 3.83. The highest BCUT2D eigenvalue weighted by molar-refractivity contribution is 7.20. The third kappa shape index (κ3) is 4.85. The van der Waals surface area contributed by atoms with Gasteiger partial charge < -0.3 is 24.6 Å². The van der Waals surface area contributed by atoms with Crippen LogP contribution in [-0.2, 0) is 11.3 Å². The Labute approximate surface area is 196 Å². The van der Waals surface area contributed by atoms with Gasteiger partial charge in [0.15, 0.2) is 0 Å². The van der Waals surface area contributed by atoms with Gasteiger partial charge in [-0.05, 0) is 37.1 Å². The summed E-state index contributed by atoms with van der Waals surface area (Å²) in [5.74, 6) is 1.45. The van der Waals surface area contributed by atoms with Crippen LogP contribution in [0.15, 0.2) is 30.6 Å². The molecule has 0 saturated carbocycles. The molecule has 9 nitrogen and oxygen atoms in total. The summed E-state index contributed by atoms with van der Waals surface area (Å²) in [6, 6.07) is 7.83. The van der Waals surface area contributed by atoms with Gasteiger partial charge in [0.25, 0.3) is 5.91 Å². The average molecular weight is 470 g/mol. The molecule has 0 atom stereocenters. The van der Waals surface area contributed by atoms with Gasteiger partial charge >= 0.3 is 6.09 Å². The van der Waals surface area contributed by atoms with Crippen molar-refractivity contribution in [3.05, 3.63) is 46.6 Å². The van der Waals surface area contributed by atoms with Crippen molar-refractivity contribution in [3.8, 4) is 5.75 Å². The predicted octanol–water partition coefficient (Wildman–Crippen LogP) is 3.53. The molecule has 0 radical (unpaired) electrons. The number of aromatic nitrogens is 2.